The molecule has 1 aromatic carbocycles. The second-order valence-corrected chi connectivity index (χ2v) is 4.36. The van der Waals surface area contributed by atoms with Gasteiger partial charge in [-0.05, 0) is 24.1 Å². The quantitative estimate of drug-likeness (QED) is 0.834. The molecule has 3 nitrogen and oxygen atoms in total. The first-order chi connectivity index (χ1) is 7.33. The van der Waals surface area contributed by atoms with Crippen molar-refractivity contribution >= 4 is 26.7 Å². The predicted molar refractivity (Wildman–Crippen MR) is 64.6 cm³/mol. The van der Waals surface area contributed by atoms with Crippen LogP contribution in [0.4, 0.5) is 5.13 Å². The van der Waals surface area contributed by atoms with Gasteiger partial charge in [-0.1, -0.05) is 24.3 Å². The normalized spacial score (nSPS) is 10.8. The number of thiazole rings is 1. The van der Waals surface area contributed by atoms with Gasteiger partial charge in [-0.25, -0.2) is 4.98 Å². The third-order valence-corrected chi connectivity index (χ3v) is 3.23. The third kappa shape index (κ3) is 2.27. The van der Waals surface area contributed by atoms with E-state index in [2.05, 4.69) is 35.4 Å². The van der Waals surface area contributed by atoms with Gasteiger partial charge >= 0.3 is 0 Å². The van der Waals surface area contributed by atoms with Crippen LogP contribution in [0.1, 0.15) is 12.5 Å². The lowest BCUT2D eigenvalue weighted by molar-refractivity contribution is 0.311. The molecule has 0 atom stereocenters. The number of nitrogens with zero attached hydrogens (tertiary/aromatic N) is 1. The molecule has 0 aliphatic rings. The summed E-state index contributed by atoms with van der Waals surface area (Å²) in [5.41, 5.74) is 2.36. The van der Waals surface area contributed by atoms with Crippen LogP contribution in [-0.4, -0.2) is 23.2 Å². The Balaban J connectivity index is 2.29. The number of fused-ring (bicyclic) bond motifs is 1. The second-order valence-electron chi connectivity index (χ2n) is 3.33. The predicted octanol–water partition coefficient (Wildman–Crippen LogP) is 2.26. The van der Waals surface area contributed by atoms with Crippen molar-refractivity contribution in [3.8, 4) is 0 Å². The zero-order chi connectivity index (χ0) is 10.7. The molecule has 0 aliphatic heterocycles. The SMILES string of the molecule is CCc1ccc2nc(NCCO)sc2c1. The zero-order valence-electron chi connectivity index (χ0n) is 8.66. The Morgan fingerprint density at radius 1 is 1.47 bits per heavy atom. The number of rotatable bonds is 4. The van der Waals surface area contributed by atoms with E-state index in [1.165, 1.54) is 10.3 Å². The molecule has 0 amide bonds. The summed E-state index contributed by atoms with van der Waals surface area (Å²) in [6, 6.07) is 6.34. The summed E-state index contributed by atoms with van der Waals surface area (Å²) in [4.78, 5) is 4.42. The average Bonchev–Trinajstić information content (AvgIpc) is 2.67. The molecule has 2 aromatic rings. The molecular weight excluding hydrogens is 208 g/mol. The van der Waals surface area contributed by atoms with Crippen LogP contribution in [0, 0.1) is 0 Å². The molecular formula is C11H14N2OS. The van der Waals surface area contributed by atoms with E-state index in [0.717, 1.165) is 17.1 Å². The van der Waals surface area contributed by atoms with E-state index in [9.17, 15) is 0 Å². The zero-order valence-corrected chi connectivity index (χ0v) is 9.47. The molecule has 1 aromatic heterocycles. The molecule has 80 valence electrons. The van der Waals surface area contributed by atoms with Crippen molar-refractivity contribution in [3.63, 3.8) is 0 Å². The first-order valence-corrected chi connectivity index (χ1v) is 5.89. The first-order valence-electron chi connectivity index (χ1n) is 5.07. The Morgan fingerprint density at radius 3 is 3.07 bits per heavy atom. The maximum Gasteiger partial charge on any atom is 0.183 e. The molecule has 4 heteroatoms. The maximum atomic E-state index is 8.70. The Morgan fingerprint density at radius 2 is 2.33 bits per heavy atom. The van der Waals surface area contributed by atoms with E-state index in [-0.39, 0.29) is 6.61 Å². The Bertz CT molecular complexity index is 453. The highest BCUT2D eigenvalue weighted by Gasteiger charge is 2.03. The van der Waals surface area contributed by atoms with Crippen molar-refractivity contribution in [1.82, 2.24) is 4.98 Å². The lowest BCUT2D eigenvalue weighted by atomic mass is 10.2. The minimum absolute atomic E-state index is 0.135. The van der Waals surface area contributed by atoms with Crippen LogP contribution in [-0.2, 0) is 6.42 Å². The fourth-order valence-electron chi connectivity index (χ4n) is 1.43. The van der Waals surface area contributed by atoms with Gasteiger partial charge in [-0.15, -0.1) is 0 Å². The number of hydrogen-bond donors (Lipinski definition) is 2. The van der Waals surface area contributed by atoms with Crippen molar-refractivity contribution in [2.75, 3.05) is 18.5 Å². The highest BCUT2D eigenvalue weighted by Crippen LogP contribution is 2.26. The summed E-state index contributed by atoms with van der Waals surface area (Å²) in [5.74, 6) is 0. The Kier molecular flexibility index (Phi) is 3.18. The highest BCUT2D eigenvalue weighted by molar-refractivity contribution is 7.22. The number of benzene rings is 1. The summed E-state index contributed by atoms with van der Waals surface area (Å²) in [5, 5.41) is 12.7. The lowest BCUT2D eigenvalue weighted by Gasteiger charge is -1.95. The summed E-state index contributed by atoms with van der Waals surface area (Å²) in [6.45, 7) is 2.84. The van der Waals surface area contributed by atoms with E-state index in [1.807, 2.05) is 0 Å². The van der Waals surface area contributed by atoms with Crippen LogP contribution >= 0.6 is 11.3 Å². The minimum atomic E-state index is 0.135. The minimum Gasteiger partial charge on any atom is -0.395 e. The molecule has 1 heterocycles. The van der Waals surface area contributed by atoms with Crippen molar-refractivity contribution in [2.24, 2.45) is 0 Å². The van der Waals surface area contributed by atoms with E-state index in [0.29, 0.717) is 6.54 Å². The Labute approximate surface area is 92.8 Å². The van der Waals surface area contributed by atoms with E-state index >= 15 is 0 Å². The van der Waals surface area contributed by atoms with Crippen LogP contribution < -0.4 is 5.32 Å². The smallest absolute Gasteiger partial charge is 0.183 e. The summed E-state index contributed by atoms with van der Waals surface area (Å²) >= 11 is 1.63. The molecule has 0 bridgehead atoms. The van der Waals surface area contributed by atoms with E-state index < -0.39 is 0 Å². The molecule has 0 fully saturated rings. The molecule has 2 rings (SSSR count). The van der Waals surface area contributed by atoms with Gasteiger partial charge in [0.15, 0.2) is 5.13 Å². The van der Waals surface area contributed by atoms with Crippen LogP contribution in [0.5, 0.6) is 0 Å². The van der Waals surface area contributed by atoms with Crippen LogP contribution in [0.25, 0.3) is 10.2 Å². The summed E-state index contributed by atoms with van der Waals surface area (Å²) in [7, 11) is 0. The number of anilines is 1. The van der Waals surface area contributed by atoms with Crippen molar-refractivity contribution < 1.29 is 5.11 Å². The van der Waals surface area contributed by atoms with Crippen molar-refractivity contribution in [2.45, 2.75) is 13.3 Å². The summed E-state index contributed by atoms with van der Waals surface area (Å²) in [6.07, 6.45) is 1.05. The first kappa shape index (κ1) is 10.4. The summed E-state index contributed by atoms with van der Waals surface area (Å²) < 4.78 is 1.20. The molecule has 0 radical (unpaired) electrons. The topological polar surface area (TPSA) is 45.2 Å². The van der Waals surface area contributed by atoms with Gasteiger partial charge < -0.3 is 10.4 Å². The lowest BCUT2D eigenvalue weighted by Crippen LogP contribution is -2.04. The van der Waals surface area contributed by atoms with Crippen molar-refractivity contribution in [1.29, 1.82) is 0 Å². The second kappa shape index (κ2) is 4.59. The fraction of sp³-hybridized carbons (Fsp3) is 0.364. The monoisotopic (exact) mass is 222 g/mol. The molecule has 15 heavy (non-hydrogen) atoms. The molecule has 0 saturated carbocycles. The number of aliphatic hydroxyl groups is 1. The van der Waals surface area contributed by atoms with Gasteiger partial charge in [-0.2, -0.15) is 0 Å². The van der Waals surface area contributed by atoms with E-state index in [1.54, 1.807) is 11.3 Å². The van der Waals surface area contributed by atoms with Gasteiger partial charge in [0.2, 0.25) is 0 Å². The standard InChI is InChI=1S/C11H14N2OS/c1-2-8-3-4-9-10(7-8)15-11(13-9)12-5-6-14/h3-4,7,14H,2,5-6H2,1H3,(H,12,13). The largest absolute Gasteiger partial charge is 0.395 e. The molecule has 0 saturated heterocycles. The van der Waals surface area contributed by atoms with Gasteiger partial charge in [-0.3, -0.25) is 0 Å². The van der Waals surface area contributed by atoms with E-state index in [4.69, 9.17) is 5.11 Å². The Hall–Kier alpha value is -1.13. The van der Waals surface area contributed by atoms with Crippen molar-refractivity contribution in [3.05, 3.63) is 23.8 Å². The third-order valence-electron chi connectivity index (χ3n) is 2.25. The average molecular weight is 222 g/mol. The van der Waals surface area contributed by atoms with Gasteiger partial charge in [0, 0.05) is 6.54 Å². The number of aromatic nitrogens is 1. The van der Waals surface area contributed by atoms with Gasteiger partial charge in [0.1, 0.15) is 0 Å². The van der Waals surface area contributed by atoms with Gasteiger partial charge in [0.05, 0.1) is 16.8 Å². The van der Waals surface area contributed by atoms with Crippen LogP contribution in [0.2, 0.25) is 0 Å². The number of nitrogens with one attached hydrogen (secondary N) is 1. The number of aliphatic hydroxyl groups excluding tert-OH is 1. The fourth-order valence-corrected chi connectivity index (χ4v) is 2.38. The molecule has 2 N–H and O–H groups in total. The number of aryl methyl sites for hydroxylation is 1. The van der Waals surface area contributed by atoms with Crippen LogP contribution in [0.15, 0.2) is 18.2 Å². The number of hydrogen-bond acceptors (Lipinski definition) is 4. The highest BCUT2D eigenvalue weighted by atomic mass is 32.1. The molecule has 0 spiro atoms. The molecule has 0 aliphatic carbocycles. The molecule has 0 unspecified atom stereocenters. The maximum absolute atomic E-state index is 8.70. The van der Waals surface area contributed by atoms with Gasteiger partial charge in [0.25, 0.3) is 0 Å². The van der Waals surface area contributed by atoms with Crippen LogP contribution in [0.3, 0.4) is 0 Å².